The normalized spacial score (nSPS) is 16.6. The summed E-state index contributed by atoms with van der Waals surface area (Å²) < 4.78 is 0. The zero-order valence-corrected chi connectivity index (χ0v) is 16.6. The molecule has 0 saturated carbocycles. The van der Waals surface area contributed by atoms with Crippen molar-refractivity contribution in [1.29, 1.82) is 0 Å². The second-order valence-corrected chi connectivity index (χ2v) is 7.51. The molecule has 0 bridgehead atoms. The van der Waals surface area contributed by atoms with Gasteiger partial charge in [0.1, 0.15) is 0 Å². The molecule has 150 valence electrons. The molecule has 0 spiro atoms. The number of hydrogen-bond acceptors (Lipinski definition) is 5. The molecule has 1 aliphatic rings. The molecule has 28 heavy (non-hydrogen) atoms. The zero-order chi connectivity index (χ0) is 19.9. The van der Waals surface area contributed by atoms with E-state index >= 15 is 0 Å². The van der Waals surface area contributed by atoms with Gasteiger partial charge in [-0.1, -0.05) is 24.3 Å². The third-order valence-corrected chi connectivity index (χ3v) is 5.45. The Balaban J connectivity index is 1.41. The van der Waals surface area contributed by atoms with E-state index in [9.17, 15) is 4.79 Å². The van der Waals surface area contributed by atoms with Crippen molar-refractivity contribution in [2.45, 2.75) is 19.4 Å². The number of anilines is 2. The Bertz CT molecular complexity index is 786. The summed E-state index contributed by atoms with van der Waals surface area (Å²) in [7, 11) is 0. The molecule has 3 rings (SSSR count). The molecule has 6 nitrogen and oxygen atoms in total. The van der Waals surface area contributed by atoms with Gasteiger partial charge in [-0.3, -0.25) is 14.6 Å². The van der Waals surface area contributed by atoms with Gasteiger partial charge in [0.15, 0.2) is 0 Å². The summed E-state index contributed by atoms with van der Waals surface area (Å²) in [5.41, 5.74) is 14.8. The summed E-state index contributed by atoms with van der Waals surface area (Å²) >= 11 is 0. The van der Waals surface area contributed by atoms with Gasteiger partial charge < -0.3 is 16.8 Å². The van der Waals surface area contributed by atoms with Crippen molar-refractivity contribution >= 4 is 17.3 Å². The highest BCUT2D eigenvalue weighted by atomic mass is 16.1. The minimum atomic E-state index is -0.397. The van der Waals surface area contributed by atoms with Crippen molar-refractivity contribution in [2.75, 3.05) is 50.3 Å². The Labute approximate surface area is 167 Å². The SMILES string of the molecule is CC(Cc1cccc(N)c1)N1CCN(CCNc2ccccc2C(N)=O)CC1. The Morgan fingerprint density at radius 1 is 1.11 bits per heavy atom. The maximum Gasteiger partial charge on any atom is 0.250 e. The number of rotatable bonds is 8. The quantitative estimate of drug-likeness (QED) is 0.609. The van der Waals surface area contributed by atoms with Crippen LogP contribution in [0.15, 0.2) is 48.5 Å². The van der Waals surface area contributed by atoms with Crippen LogP contribution in [0.5, 0.6) is 0 Å². The van der Waals surface area contributed by atoms with Gasteiger partial charge >= 0.3 is 0 Å². The van der Waals surface area contributed by atoms with Crippen molar-refractivity contribution in [3.63, 3.8) is 0 Å². The van der Waals surface area contributed by atoms with E-state index in [0.29, 0.717) is 11.6 Å². The van der Waals surface area contributed by atoms with E-state index in [1.165, 1.54) is 5.56 Å². The predicted molar refractivity (Wildman–Crippen MR) is 115 cm³/mol. The molecule has 0 radical (unpaired) electrons. The fourth-order valence-corrected chi connectivity index (χ4v) is 3.82. The number of benzene rings is 2. The highest BCUT2D eigenvalue weighted by Gasteiger charge is 2.21. The first-order valence-electron chi connectivity index (χ1n) is 9.96. The fourth-order valence-electron chi connectivity index (χ4n) is 3.82. The van der Waals surface area contributed by atoms with Crippen LogP contribution >= 0.6 is 0 Å². The van der Waals surface area contributed by atoms with Gasteiger partial charge in [-0.25, -0.2) is 0 Å². The van der Waals surface area contributed by atoms with Crippen LogP contribution < -0.4 is 16.8 Å². The predicted octanol–water partition coefficient (Wildman–Crippen LogP) is 2.03. The Morgan fingerprint density at radius 3 is 2.57 bits per heavy atom. The van der Waals surface area contributed by atoms with Crippen LogP contribution in [0, 0.1) is 0 Å². The molecule has 1 saturated heterocycles. The maximum absolute atomic E-state index is 11.5. The highest BCUT2D eigenvalue weighted by molar-refractivity contribution is 5.98. The molecule has 5 N–H and O–H groups in total. The van der Waals surface area contributed by atoms with E-state index in [2.05, 4.69) is 34.2 Å². The van der Waals surface area contributed by atoms with Crippen molar-refractivity contribution in [2.24, 2.45) is 5.73 Å². The number of nitrogens with two attached hydrogens (primary N) is 2. The number of amides is 1. The van der Waals surface area contributed by atoms with Gasteiger partial charge in [-0.05, 0) is 43.2 Å². The lowest BCUT2D eigenvalue weighted by Gasteiger charge is -2.38. The van der Waals surface area contributed by atoms with E-state index < -0.39 is 5.91 Å². The molecular weight excluding hydrogens is 350 g/mol. The Morgan fingerprint density at radius 2 is 1.86 bits per heavy atom. The fraction of sp³-hybridized carbons (Fsp3) is 0.409. The molecule has 1 fully saturated rings. The third kappa shape index (κ3) is 5.47. The second kappa shape index (κ2) is 9.57. The average Bonchev–Trinajstić information content (AvgIpc) is 2.69. The molecule has 1 amide bonds. The first-order chi connectivity index (χ1) is 13.5. The molecule has 1 atom stereocenters. The van der Waals surface area contributed by atoms with Crippen molar-refractivity contribution in [3.8, 4) is 0 Å². The largest absolute Gasteiger partial charge is 0.399 e. The second-order valence-electron chi connectivity index (χ2n) is 7.51. The van der Waals surface area contributed by atoms with E-state index in [4.69, 9.17) is 11.5 Å². The van der Waals surface area contributed by atoms with Crippen molar-refractivity contribution in [3.05, 3.63) is 59.7 Å². The van der Waals surface area contributed by atoms with Gasteiger partial charge in [-0.15, -0.1) is 0 Å². The van der Waals surface area contributed by atoms with E-state index in [0.717, 1.165) is 57.1 Å². The number of carbonyl (C=O) groups is 1. The van der Waals surface area contributed by atoms with Gasteiger partial charge in [0.2, 0.25) is 0 Å². The minimum absolute atomic E-state index is 0.397. The smallest absolute Gasteiger partial charge is 0.250 e. The van der Waals surface area contributed by atoms with Gasteiger partial charge in [-0.2, -0.15) is 0 Å². The van der Waals surface area contributed by atoms with Gasteiger partial charge in [0.05, 0.1) is 5.56 Å². The molecule has 0 aromatic heterocycles. The molecule has 1 unspecified atom stereocenters. The molecule has 6 heteroatoms. The summed E-state index contributed by atoms with van der Waals surface area (Å²) in [5, 5.41) is 3.35. The number of hydrogen-bond donors (Lipinski definition) is 3. The van der Waals surface area contributed by atoms with E-state index in [-0.39, 0.29) is 0 Å². The summed E-state index contributed by atoms with van der Waals surface area (Å²) in [5.74, 6) is -0.397. The lowest BCUT2D eigenvalue weighted by molar-refractivity contribution is 0.100. The summed E-state index contributed by atoms with van der Waals surface area (Å²) in [4.78, 5) is 16.5. The summed E-state index contributed by atoms with van der Waals surface area (Å²) in [6, 6.07) is 16.1. The topological polar surface area (TPSA) is 87.6 Å². The van der Waals surface area contributed by atoms with Gasteiger partial charge in [0, 0.05) is 56.7 Å². The van der Waals surface area contributed by atoms with Crippen LogP contribution in [0.3, 0.4) is 0 Å². The molecule has 0 aliphatic carbocycles. The zero-order valence-electron chi connectivity index (χ0n) is 16.6. The average molecular weight is 382 g/mol. The van der Waals surface area contributed by atoms with Crippen LogP contribution in [0.25, 0.3) is 0 Å². The highest BCUT2D eigenvalue weighted by Crippen LogP contribution is 2.15. The molecule has 2 aromatic carbocycles. The van der Waals surface area contributed by atoms with Gasteiger partial charge in [0.25, 0.3) is 5.91 Å². The third-order valence-electron chi connectivity index (χ3n) is 5.45. The van der Waals surface area contributed by atoms with Crippen molar-refractivity contribution in [1.82, 2.24) is 9.80 Å². The lowest BCUT2D eigenvalue weighted by Crippen LogP contribution is -2.50. The number of carbonyl (C=O) groups excluding carboxylic acids is 1. The molecule has 1 heterocycles. The van der Waals surface area contributed by atoms with Crippen LogP contribution in [-0.4, -0.2) is 61.0 Å². The van der Waals surface area contributed by atoms with E-state index in [1.54, 1.807) is 6.07 Å². The Kier molecular flexibility index (Phi) is 6.90. The van der Waals surface area contributed by atoms with Crippen molar-refractivity contribution < 1.29 is 4.79 Å². The van der Waals surface area contributed by atoms with Crippen LogP contribution in [-0.2, 0) is 6.42 Å². The number of piperazine rings is 1. The monoisotopic (exact) mass is 381 g/mol. The van der Waals surface area contributed by atoms with Crippen LogP contribution in [0.2, 0.25) is 0 Å². The first kappa shape index (κ1) is 20.2. The molecule has 2 aromatic rings. The number of primary amides is 1. The number of nitrogen functional groups attached to an aromatic ring is 1. The van der Waals surface area contributed by atoms with E-state index in [1.807, 2.05) is 30.3 Å². The molecule has 1 aliphatic heterocycles. The Hall–Kier alpha value is -2.57. The summed E-state index contributed by atoms with van der Waals surface area (Å²) in [6.07, 6.45) is 1.02. The minimum Gasteiger partial charge on any atom is -0.399 e. The lowest BCUT2D eigenvalue weighted by atomic mass is 10.0. The standard InChI is InChI=1S/C22H31N5O/c1-17(15-18-5-4-6-19(23)16-18)27-13-11-26(12-14-27)10-9-25-21-8-3-2-7-20(21)22(24)28/h2-8,16-17,25H,9-15,23H2,1H3,(H2,24,28). The number of nitrogens with one attached hydrogen (secondary N) is 1. The first-order valence-corrected chi connectivity index (χ1v) is 9.96. The van der Waals surface area contributed by atoms with Crippen LogP contribution in [0.4, 0.5) is 11.4 Å². The number of para-hydroxylation sites is 1. The summed E-state index contributed by atoms with van der Waals surface area (Å²) in [6.45, 7) is 8.29. The molecular formula is C22H31N5O. The van der Waals surface area contributed by atoms with Crippen LogP contribution in [0.1, 0.15) is 22.8 Å². The number of nitrogens with zero attached hydrogens (tertiary/aromatic N) is 2. The maximum atomic E-state index is 11.5.